The van der Waals surface area contributed by atoms with E-state index in [0.29, 0.717) is 11.3 Å². The summed E-state index contributed by atoms with van der Waals surface area (Å²) in [6.07, 6.45) is 1.57. The second kappa shape index (κ2) is 6.98. The normalized spacial score (nSPS) is 17.6. The number of amides is 1. The third-order valence-electron chi connectivity index (χ3n) is 5.14. The average Bonchev–Trinajstić information content (AvgIpc) is 2.83. The van der Waals surface area contributed by atoms with Crippen molar-refractivity contribution >= 4 is 30.0 Å². The zero-order valence-electron chi connectivity index (χ0n) is 16.7. The number of pyridine rings is 1. The molecule has 2 heterocycles. The number of anilines is 2. The van der Waals surface area contributed by atoms with E-state index in [1.165, 1.54) is 0 Å². The molecule has 1 amide bonds. The minimum absolute atomic E-state index is 0.209. The van der Waals surface area contributed by atoms with Crippen molar-refractivity contribution in [1.82, 2.24) is 4.98 Å². The fourth-order valence-corrected chi connectivity index (χ4v) is 2.73. The first kappa shape index (κ1) is 19.4. The molecule has 1 saturated heterocycles. The van der Waals surface area contributed by atoms with Crippen LogP contribution in [0, 0.1) is 0 Å². The van der Waals surface area contributed by atoms with Crippen LogP contribution in [0.15, 0.2) is 42.6 Å². The predicted molar refractivity (Wildman–Crippen MR) is 109 cm³/mol. The van der Waals surface area contributed by atoms with Gasteiger partial charge in [0.15, 0.2) is 0 Å². The molecule has 0 unspecified atom stereocenters. The monoisotopic (exact) mass is 367 g/mol. The molecule has 3 rings (SSSR count). The van der Waals surface area contributed by atoms with Crippen LogP contribution in [0.4, 0.5) is 11.5 Å². The summed E-state index contributed by atoms with van der Waals surface area (Å²) in [5.41, 5.74) is 1.24. The van der Waals surface area contributed by atoms with E-state index in [1.54, 1.807) is 12.3 Å². The number of aromatic nitrogens is 1. The van der Waals surface area contributed by atoms with Crippen molar-refractivity contribution in [3.63, 3.8) is 0 Å². The molecule has 1 aliphatic heterocycles. The molecule has 0 spiro atoms. The molecule has 142 valence electrons. The zero-order valence-corrected chi connectivity index (χ0v) is 16.7. The molecule has 1 aromatic heterocycles. The molecule has 2 aromatic rings. The van der Waals surface area contributed by atoms with Crippen LogP contribution in [0.3, 0.4) is 0 Å². The molecule has 0 radical (unpaired) electrons. The highest BCUT2D eigenvalue weighted by molar-refractivity contribution is 6.62. The van der Waals surface area contributed by atoms with E-state index < -0.39 is 18.3 Å². The average molecular weight is 367 g/mol. The van der Waals surface area contributed by atoms with Crippen LogP contribution in [0.5, 0.6) is 0 Å². The van der Waals surface area contributed by atoms with Gasteiger partial charge in [0.05, 0.1) is 16.8 Å². The van der Waals surface area contributed by atoms with Crippen molar-refractivity contribution < 1.29 is 14.1 Å². The molecule has 0 aliphatic carbocycles. The first-order chi connectivity index (χ1) is 12.6. The Morgan fingerprint density at radius 2 is 1.74 bits per heavy atom. The van der Waals surface area contributed by atoms with E-state index in [1.807, 2.05) is 77.0 Å². The largest absolute Gasteiger partial charge is 0.494 e. The zero-order chi connectivity index (χ0) is 19.8. The van der Waals surface area contributed by atoms with E-state index >= 15 is 0 Å². The molecule has 6 nitrogen and oxygen atoms in total. The molecule has 1 aromatic carbocycles. The van der Waals surface area contributed by atoms with Gasteiger partial charge in [0, 0.05) is 26.0 Å². The van der Waals surface area contributed by atoms with Gasteiger partial charge >= 0.3 is 7.12 Å². The second-order valence-electron chi connectivity index (χ2n) is 7.97. The highest BCUT2D eigenvalue weighted by Crippen LogP contribution is 2.36. The molecule has 1 fully saturated rings. The molecule has 0 atom stereocenters. The smallest absolute Gasteiger partial charge is 0.399 e. The summed E-state index contributed by atoms with van der Waals surface area (Å²) < 4.78 is 12.2. The van der Waals surface area contributed by atoms with E-state index in [9.17, 15) is 4.79 Å². The van der Waals surface area contributed by atoms with Gasteiger partial charge in [-0.15, -0.1) is 0 Å². The Kier molecular flexibility index (Phi) is 5.01. The Morgan fingerprint density at radius 1 is 1.07 bits per heavy atom. The van der Waals surface area contributed by atoms with Gasteiger partial charge in [0.25, 0.3) is 5.91 Å². The molecule has 1 aliphatic rings. The topological polar surface area (TPSA) is 63.7 Å². The van der Waals surface area contributed by atoms with Gasteiger partial charge < -0.3 is 19.5 Å². The Labute approximate surface area is 161 Å². The second-order valence-corrected chi connectivity index (χ2v) is 7.97. The molecule has 1 N–H and O–H groups in total. The highest BCUT2D eigenvalue weighted by Gasteiger charge is 2.51. The van der Waals surface area contributed by atoms with Gasteiger partial charge in [0.1, 0.15) is 5.82 Å². The third kappa shape index (κ3) is 3.99. The molecule has 0 saturated carbocycles. The fraction of sp³-hybridized carbons (Fsp3) is 0.400. The summed E-state index contributed by atoms with van der Waals surface area (Å²) in [5, 5.41) is 2.91. The predicted octanol–water partition coefficient (Wildman–Crippen LogP) is 2.70. The lowest BCUT2D eigenvalue weighted by Crippen LogP contribution is -2.41. The maximum absolute atomic E-state index is 12.5. The molecular weight excluding hydrogens is 341 g/mol. The van der Waals surface area contributed by atoms with E-state index in [0.717, 1.165) is 11.3 Å². The van der Waals surface area contributed by atoms with Gasteiger partial charge in [-0.3, -0.25) is 4.79 Å². The quantitative estimate of drug-likeness (QED) is 0.842. The number of hydrogen-bond donors (Lipinski definition) is 1. The molecular formula is C20H26BN3O3. The fourth-order valence-electron chi connectivity index (χ4n) is 2.73. The maximum Gasteiger partial charge on any atom is 0.494 e. The van der Waals surface area contributed by atoms with Crippen LogP contribution < -0.4 is 15.7 Å². The first-order valence-corrected chi connectivity index (χ1v) is 8.99. The van der Waals surface area contributed by atoms with E-state index in [2.05, 4.69) is 10.3 Å². The van der Waals surface area contributed by atoms with Crippen LogP contribution in [0.1, 0.15) is 38.1 Å². The van der Waals surface area contributed by atoms with Gasteiger partial charge in [0.2, 0.25) is 0 Å². The standard InChI is InChI=1S/C20H26BN3O3/c1-19(2)20(3,4)27-21(26-19)15-8-7-9-16(12-15)23-18(25)14-10-11-17(22-13-14)24(5)6/h7-13H,1-6H3,(H,23,25). The number of hydrogen-bond acceptors (Lipinski definition) is 5. The van der Waals surface area contributed by atoms with Gasteiger partial charge in [-0.2, -0.15) is 0 Å². The van der Waals surface area contributed by atoms with Crippen molar-refractivity contribution in [2.45, 2.75) is 38.9 Å². The van der Waals surface area contributed by atoms with Crippen LogP contribution in [0.2, 0.25) is 0 Å². The summed E-state index contributed by atoms with van der Waals surface area (Å²) in [4.78, 5) is 18.7. The summed E-state index contributed by atoms with van der Waals surface area (Å²) in [6, 6.07) is 11.1. The van der Waals surface area contributed by atoms with Crippen molar-refractivity contribution in [3.8, 4) is 0 Å². The number of rotatable bonds is 4. The van der Waals surface area contributed by atoms with E-state index in [4.69, 9.17) is 9.31 Å². The maximum atomic E-state index is 12.5. The van der Waals surface area contributed by atoms with Gasteiger partial charge in [-0.1, -0.05) is 12.1 Å². The van der Waals surface area contributed by atoms with Crippen molar-refractivity contribution in [3.05, 3.63) is 48.2 Å². The minimum Gasteiger partial charge on any atom is -0.399 e. The highest BCUT2D eigenvalue weighted by atomic mass is 16.7. The summed E-state index contributed by atoms with van der Waals surface area (Å²) in [7, 11) is 3.35. The molecule has 27 heavy (non-hydrogen) atoms. The number of benzene rings is 1. The summed E-state index contributed by atoms with van der Waals surface area (Å²) >= 11 is 0. The Balaban J connectivity index is 1.74. The summed E-state index contributed by atoms with van der Waals surface area (Å²) in [5.74, 6) is 0.591. The van der Waals surface area contributed by atoms with Crippen LogP contribution in [-0.4, -0.2) is 43.3 Å². The van der Waals surface area contributed by atoms with Crippen LogP contribution in [-0.2, 0) is 9.31 Å². The van der Waals surface area contributed by atoms with Gasteiger partial charge in [-0.05, 0) is 57.4 Å². The number of carbonyl (C=O) groups is 1. The van der Waals surface area contributed by atoms with Crippen LogP contribution in [0.25, 0.3) is 0 Å². The Hall–Kier alpha value is -2.38. The lowest BCUT2D eigenvalue weighted by atomic mass is 9.79. The van der Waals surface area contributed by atoms with Crippen molar-refractivity contribution in [2.24, 2.45) is 0 Å². The van der Waals surface area contributed by atoms with Gasteiger partial charge in [-0.25, -0.2) is 4.98 Å². The summed E-state index contributed by atoms with van der Waals surface area (Å²) in [6.45, 7) is 8.07. The third-order valence-corrected chi connectivity index (χ3v) is 5.14. The van der Waals surface area contributed by atoms with E-state index in [-0.39, 0.29) is 5.91 Å². The Bertz CT molecular complexity index is 819. The lowest BCUT2D eigenvalue weighted by Gasteiger charge is -2.32. The number of nitrogens with one attached hydrogen (secondary N) is 1. The van der Waals surface area contributed by atoms with Crippen molar-refractivity contribution in [2.75, 3.05) is 24.3 Å². The van der Waals surface area contributed by atoms with Crippen LogP contribution >= 0.6 is 0 Å². The molecule has 0 bridgehead atoms. The Morgan fingerprint density at radius 3 is 2.30 bits per heavy atom. The number of nitrogens with zero attached hydrogens (tertiary/aromatic N) is 2. The molecule has 7 heteroatoms. The lowest BCUT2D eigenvalue weighted by molar-refractivity contribution is 0.00578. The van der Waals surface area contributed by atoms with Crippen molar-refractivity contribution in [1.29, 1.82) is 0 Å². The minimum atomic E-state index is -0.465. The number of carbonyl (C=O) groups excluding carboxylic acids is 1. The SMILES string of the molecule is CN(C)c1ccc(C(=O)Nc2cccc(B3OC(C)(C)C(C)(C)O3)c2)cn1. The first-order valence-electron chi connectivity index (χ1n) is 8.99.